The van der Waals surface area contributed by atoms with Gasteiger partial charge in [0.05, 0.1) is 16.2 Å². The Balaban J connectivity index is 2.60. The van der Waals surface area contributed by atoms with E-state index in [4.69, 9.17) is 5.11 Å². The lowest BCUT2D eigenvalue weighted by Gasteiger charge is -2.32. The second kappa shape index (κ2) is 6.52. The summed E-state index contributed by atoms with van der Waals surface area (Å²) in [5.74, 6) is 0. The number of piperazine rings is 1. The van der Waals surface area contributed by atoms with Crippen LogP contribution < -0.4 is 10.2 Å². The first-order valence-electron chi connectivity index (χ1n) is 6.87. The molecule has 2 N–H and O–H groups in total. The highest BCUT2D eigenvalue weighted by Gasteiger charge is 2.25. The van der Waals surface area contributed by atoms with E-state index in [1.165, 1.54) is 6.07 Å². The number of nitriles is 1. The molecule has 7 heteroatoms. The molecule has 0 amide bonds. The summed E-state index contributed by atoms with van der Waals surface area (Å²) in [6.07, 6.45) is 0.215. The summed E-state index contributed by atoms with van der Waals surface area (Å²) in [4.78, 5) is 12.8. The molecule has 1 heterocycles. The minimum Gasteiger partial charge on any atom is -0.396 e. The van der Waals surface area contributed by atoms with E-state index in [1.807, 2.05) is 0 Å². The van der Waals surface area contributed by atoms with Gasteiger partial charge >= 0.3 is 0 Å². The van der Waals surface area contributed by atoms with Crippen molar-refractivity contribution in [3.8, 4) is 6.07 Å². The van der Waals surface area contributed by atoms with Crippen LogP contribution in [-0.4, -0.2) is 42.8 Å². The van der Waals surface area contributed by atoms with E-state index in [1.54, 1.807) is 6.92 Å². The van der Waals surface area contributed by atoms with E-state index in [9.17, 15) is 15.4 Å². The number of rotatable bonds is 4. The molecule has 0 radical (unpaired) electrons. The van der Waals surface area contributed by atoms with Gasteiger partial charge in [0.2, 0.25) is 0 Å². The first-order chi connectivity index (χ1) is 10.1. The van der Waals surface area contributed by atoms with Crippen LogP contribution in [0.15, 0.2) is 6.07 Å². The van der Waals surface area contributed by atoms with Gasteiger partial charge in [0.15, 0.2) is 0 Å². The number of benzene rings is 1. The summed E-state index contributed by atoms with van der Waals surface area (Å²) in [7, 11) is 0. The molecular weight excluding hydrogens is 272 g/mol. The SMILES string of the molecule is Cc1c(CCO)c([N+](=O)[O-])cc(C#N)c1N1CCNCC1. The number of nitro groups is 1. The zero-order chi connectivity index (χ0) is 15.4. The van der Waals surface area contributed by atoms with Crippen LogP contribution in [0.5, 0.6) is 0 Å². The Labute approximate surface area is 122 Å². The van der Waals surface area contributed by atoms with Crippen molar-refractivity contribution in [1.82, 2.24) is 5.32 Å². The summed E-state index contributed by atoms with van der Waals surface area (Å²) in [6, 6.07) is 3.40. The number of nitro benzene ring substituents is 1. The number of nitrogens with zero attached hydrogens (tertiary/aromatic N) is 3. The normalized spacial score (nSPS) is 14.8. The average Bonchev–Trinajstić information content (AvgIpc) is 2.49. The average molecular weight is 290 g/mol. The number of hydrogen-bond acceptors (Lipinski definition) is 6. The van der Waals surface area contributed by atoms with E-state index < -0.39 is 4.92 Å². The fraction of sp³-hybridized carbons (Fsp3) is 0.500. The van der Waals surface area contributed by atoms with Crippen LogP contribution in [0.1, 0.15) is 16.7 Å². The molecule has 0 saturated carbocycles. The van der Waals surface area contributed by atoms with Gasteiger partial charge in [-0.15, -0.1) is 0 Å². The van der Waals surface area contributed by atoms with Gasteiger partial charge in [-0.25, -0.2) is 0 Å². The molecule has 1 aliphatic rings. The van der Waals surface area contributed by atoms with Gasteiger partial charge in [0.1, 0.15) is 6.07 Å². The maximum atomic E-state index is 11.2. The Morgan fingerprint density at radius 1 is 1.52 bits per heavy atom. The molecule has 0 atom stereocenters. The highest BCUT2D eigenvalue weighted by Crippen LogP contribution is 2.34. The predicted molar refractivity (Wildman–Crippen MR) is 78.4 cm³/mol. The van der Waals surface area contributed by atoms with Crippen LogP contribution in [-0.2, 0) is 6.42 Å². The van der Waals surface area contributed by atoms with Gasteiger partial charge in [-0.05, 0) is 12.5 Å². The maximum Gasteiger partial charge on any atom is 0.274 e. The molecule has 112 valence electrons. The lowest BCUT2D eigenvalue weighted by atomic mass is 9.96. The second-order valence-corrected chi connectivity index (χ2v) is 4.97. The van der Waals surface area contributed by atoms with Crippen LogP contribution in [0.3, 0.4) is 0 Å². The van der Waals surface area contributed by atoms with Gasteiger partial charge in [-0.2, -0.15) is 5.26 Å². The predicted octanol–water partition coefficient (Wildman–Crippen LogP) is 0.719. The van der Waals surface area contributed by atoms with Crippen molar-refractivity contribution in [3.05, 3.63) is 32.9 Å². The molecule has 0 spiro atoms. The summed E-state index contributed by atoms with van der Waals surface area (Å²) in [5.41, 5.74) is 2.22. The largest absolute Gasteiger partial charge is 0.396 e. The molecule has 0 bridgehead atoms. The molecule has 1 aromatic rings. The van der Waals surface area contributed by atoms with Gasteiger partial charge in [-0.3, -0.25) is 10.1 Å². The number of hydrogen-bond donors (Lipinski definition) is 2. The zero-order valence-corrected chi connectivity index (χ0v) is 11.9. The molecule has 0 unspecified atom stereocenters. The highest BCUT2D eigenvalue weighted by molar-refractivity contribution is 5.71. The van der Waals surface area contributed by atoms with Crippen LogP contribution in [0.4, 0.5) is 11.4 Å². The molecule has 0 aromatic heterocycles. The van der Waals surface area contributed by atoms with Gasteiger partial charge in [-0.1, -0.05) is 0 Å². The number of anilines is 1. The van der Waals surface area contributed by atoms with Crippen molar-refractivity contribution in [2.45, 2.75) is 13.3 Å². The van der Waals surface area contributed by atoms with Crippen molar-refractivity contribution in [3.63, 3.8) is 0 Å². The maximum absolute atomic E-state index is 11.2. The number of aliphatic hydroxyl groups is 1. The molecule has 1 fully saturated rings. The lowest BCUT2D eigenvalue weighted by Crippen LogP contribution is -2.44. The van der Waals surface area contributed by atoms with E-state index in [-0.39, 0.29) is 18.7 Å². The third kappa shape index (κ3) is 2.96. The second-order valence-electron chi connectivity index (χ2n) is 4.97. The van der Waals surface area contributed by atoms with Crippen molar-refractivity contribution in [2.75, 3.05) is 37.7 Å². The van der Waals surface area contributed by atoms with E-state index in [0.29, 0.717) is 11.1 Å². The van der Waals surface area contributed by atoms with E-state index in [2.05, 4.69) is 16.3 Å². The fourth-order valence-electron chi connectivity index (χ4n) is 2.80. The molecule has 2 rings (SSSR count). The van der Waals surface area contributed by atoms with Crippen molar-refractivity contribution in [2.24, 2.45) is 0 Å². The molecule has 1 saturated heterocycles. The van der Waals surface area contributed by atoms with Crippen LogP contribution in [0, 0.1) is 28.4 Å². The smallest absolute Gasteiger partial charge is 0.274 e. The fourth-order valence-corrected chi connectivity index (χ4v) is 2.80. The van der Waals surface area contributed by atoms with Crippen LogP contribution >= 0.6 is 0 Å². The first-order valence-corrected chi connectivity index (χ1v) is 6.87. The molecule has 0 aliphatic carbocycles. The Bertz CT molecular complexity index is 589. The zero-order valence-electron chi connectivity index (χ0n) is 11.9. The Kier molecular flexibility index (Phi) is 4.73. The lowest BCUT2D eigenvalue weighted by molar-refractivity contribution is -0.385. The summed E-state index contributed by atoms with van der Waals surface area (Å²) in [6.45, 7) is 4.77. The molecule has 7 nitrogen and oxygen atoms in total. The third-order valence-corrected chi connectivity index (χ3v) is 3.77. The summed E-state index contributed by atoms with van der Waals surface area (Å²) >= 11 is 0. The van der Waals surface area contributed by atoms with Crippen LogP contribution in [0.2, 0.25) is 0 Å². The molecular formula is C14H18N4O3. The highest BCUT2D eigenvalue weighted by atomic mass is 16.6. The standard InChI is InChI=1S/C14H18N4O3/c1-10-12(2-7-19)13(18(20)21)8-11(9-15)14(10)17-5-3-16-4-6-17/h8,16,19H,2-7H2,1H3. The minimum atomic E-state index is -0.486. The monoisotopic (exact) mass is 290 g/mol. The van der Waals surface area contributed by atoms with Crippen molar-refractivity contribution in [1.29, 1.82) is 5.26 Å². The molecule has 21 heavy (non-hydrogen) atoms. The first kappa shape index (κ1) is 15.2. The topological polar surface area (TPSA) is 102 Å². The molecule has 1 aliphatic heterocycles. The number of nitrogens with one attached hydrogen (secondary N) is 1. The van der Waals surface area contributed by atoms with Crippen molar-refractivity contribution >= 4 is 11.4 Å². The Morgan fingerprint density at radius 3 is 2.71 bits per heavy atom. The van der Waals surface area contributed by atoms with E-state index in [0.717, 1.165) is 37.4 Å². The quantitative estimate of drug-likeness (QED) is 0.625. The third-order valence-electron chi connectivity index (χ3n) is 3.77. The van der Waals surface area contributed by atoms with E-state index >= 15 is 0 Å². The summed E-state index contributed by atoms with van der Waals surface area (Å²) in [5, 5.41) is 32.9. The summed E-state index contributed by atoms with van der Waals surface area (Å²) < 4.78 is 0. The number of aliphatic hydroxyl groups excluding tert-OH is 1. The molecule has 1 aromatic carbocycles. The van der Waals surface area contributed by atoms with Crippen LogP contribution in [0.25, 0.3) is 0 Å². The Morgan fingerprint density at radius 2 is 2.19 bits per heavy atom. The van der Waals surface area contributed by atoms with Gasteiger partial charge in [0.25, 0.3) is 5.69 Å². The van der Waals surface area contributed by atoms with Crippen molar-refractivity contribution < 1.29 is 10.0 Å². The minimum absolute atomic E-state index is 0.0861. The van der Waals surface area contributed by atoms with Gasteiger partial charge < -0.3 is 15.3 Å². The van der Waals surface area contributed by atoms with Gasteiger partial charge in [0, 0.05) is 50.8 Å². The Hall–Kier alpha value is -2.17.